The number of halogens is 1. The number of likely N-dealkylation sites (N-methyl/N-ethyl adjacent to an activating group) is 1. The van der Waals surface area contributed by atoms with Crippen LogP contribution in [0.25, 0.3) is 10.8 Å². The molecule has 3 aromatic rings. The van der Waals surface area contributed by atoms with Crippen LogP contribution >= 0.6 is 11.6 Å². The number of carbonyl (C=O) groups is 1. The van der Waals surface area contributed by atoms with Crippen LogP contribution in [0.4, 0.5) is 5.69 Å². The van der Waals surface area contributed by atoms with Crippen LogP contribution in [0.2, 0.25) is 5.02 Å². The number of fused-ring (bicyclic) bond motifs is 3. The first kappa shape index (κ1) is 28.4. The van der Waals surface area contributed by atoms with Crippen molar-refractivity contribution in [2.75, 3.05) is 58.1 Å². The van der Waals surface area contributed by atoms with E-state index in [9.17, 15) is 13.2 Å². The van der Waals surface area contributed by atoms with Crippen LogP contribution in [0.3, 0.4) is 0 Å². The Kier molecular flexibility index (Phi) is 7.27. The number of methoxy groups -OCH3 is 1. The molecule has 0 radical (unpaired) electrons. The molecule has 9 nitrogen and oxygen atoms in total. The number of benzene rings is 2. The van der Waals surface area contributed by atoms with E-state index in [1.807, 2.05) is 44.4 Å². The summed E-state index contributed by atoms with van der Waals surface area (Å²) in [4.78, 5) is 22.8. The van der Waals surface area contributed by atoms with Gasteiger partial charge < -0.3 is 19.3 Å². The first-order chi connectivity index (χ1) is 19.6. The number of amides is 1. The fourth-order valence-electron chi connectivity index (χ4n) is 6.11. The highest BCUT2D eigenvalue weighted by Crippen LogP contribution is 2.47. The Morgan fingerprint density at radius 2 is 1.90 bits per heavy atom. The van der Waals surface area contributed by atoms with Crippen LogP contribution in [0.15, 0.2) is 48.8 Å². The van der Waals surface area contributed by atoms with Crippen molar-refractivity contribution >= 4 is 44.0 Å². The van der Waals surface area contributed by atoms with Gasteiger partial charge in [0.25, 0.3) is 0 Å². The summed E-state index contributed by atoms with van der Waals surface area (Å²) in [6, 6.07) is 11.2. The van der Waals surface area contributed by atoms with Gasteiger partial charge in [0.15, 0.2) is 0 Å². The second-order valence-corrected chi connectivity index (χ2v) is 14.1. The first-order valence-electron chi connectivity index (χ1n) is 13.9. The van der Waals surface area contributed by atoms with Crippen molar-refractivity contribution in [2.45, 2.75) is 36.8 Å². The van der Waals surface area contributed by atoms with Gasteiger partial charge in [-0.3, -0.25) is 9.78 Å². The van der Waals surface area contributed by atoms with Crippen molar-refractivity contribution in [3.05, 3.63) is 64.9 Å². The zero-order valence-corrected chi connectivity index (χ0v) is 25.2. The summed E-state index contributed by atoms with van der Waals surface area (Å²) in [5.74, 6) is 0.478. The number of hydrogen-bond donors (Lipinski definition) is 0. The van der Waals surface area contributed by atoms with E-state index in [0.717, 1.165) is 41.3 Å². The monoisotopic (exact) mass is 598 g/mol. The minimum absolute atomic E-state index is 0.0644. The maximum atomic E-state index is 14.5. The van der Waals surface area contributed by atoms with E-state index in [2.05, 4.69) is 9.88 Å². The van der Waals surface area contributed by atoms with Crippen molar-refractivity contribution in [2.24, 2.45) is 0 Å². The van der Waals surface area contributed by atoms with Gasteiger partial charge in [-0.15, -0.1) is 0 Å². The topological polar surface area (TPSA) is 92.3 Å². The quantitative estimate of drug-likeness (QED) is 0.370. The van der Waals surface area contributed by atoms with Gasteiger partial charge in [0.05, 0.1) is 28.7 Å². The number of hydrogen-bond acceptors (Lipinski definition) is 7. The Balaban J connectivity index is 1.36. The lowest BCUT2D eigenvalue weighted by Gasteiger charge is -2.40. The molecule has 3 heterocycles. The molecule has 1 saturated heterocycles. The molecule has 1 atom stereocenters. The molecule has 11 heteroatoms. The van der Waals surface area contributed by atoms with E-state index in [1.165, 1.54) is 4.31 Å². The molecular formula is C30H35ClN4O5S. The van der Waals surface area contributed by atoms with Crippen molar-refractivity contribution in [1.29, 1.82) is 0 Å². The summed E-state index contributed by atoms with van der Waals surface area (Å²) in [6.07, 6.45) is 5.36. The summed E-state index contributed by atoms with van der Waals surface area (Å²) in [6.45, 7) is 2.01. The molecule has 41 heavy (non-hydrogen) atoms. The Morgan fingerprint density at radius 3 is 2.63 bits per heavy atom. The lowest BCUT2D eigenvalue weighted by molar-refractivity contribution is -0.122. The van der Waals surface area contributed by atoms with Crippen molar-refractivity contribution < 1.29 is 22.7 Å². The molecule has 1 aliphatic carbocycles. The highest BCUT2D eigenvalue weighted by atomic mass is 35.5. The highest BCUT2D eigenvalue weighted by Gasteiger charge is 2.56. The average molecular weight is 599 g/mol. The summed E-state index contributed by atoms with van der Waals surface area (Å²) < 4.78 is 40.4. The van der Waals surface area contributed by atoms with Crippen molar-refractivity contribution in [3.63, 3.8) is 0 Å². The minimum Gasteiger partial charge on any atom is -0.492 e. The van der Waals surface area contributed by atoms with Gasteiger partial charge in [0.2, 0.25) is 15.9 Å². The van der Waals surface area contributed by atoms with E-state index >= 15 is 0 Å². The Morgan fingerprint density at radius 1 is 1.10 bits per heavy atom. The predicted molar refractivity (Wildman–Crippen MR) is 159 cm³/mol. The van der Waals surface area contributed by atoms with E-state index in [0.29, 0.717) is 36.0 Å². The van der Waals surface area contributed by atoms with E-state index in [4.69, 9.17) is 21.1 Å². The van der Waals surface area contributed by atoms with Gasteiger partial charge in [0, 0.05) is 55.3 Å². The molecule has 2 aromatic carbocycles. The molecule has 0 bridgehead atoms. The minimum atomic E-state index is -3.70. The van der Waals surface area contributed by atoms with Crippen LogP contribution in [-0.4, -0.2) is 87.3 Å². The lowest BCUT2D eigenvalue weighted by Crippen LogP contribution is -2.53. The van der Waals surface area contributed by atoms with Gasteiger partial charge >= 0.3 is 0 Å². The standard InChI is InChI=1S/C30H35ClN4O5S/c1-33(2)12-13-40-24-7-5-21-16-32-17-27(25(21)15-24)35-11-10-30(28(35)36)19-34(18-22-4-6-23(31)14-26(22)30)41(37,38)20-29(39-3)8-9-29/h4-7,14-17H,8-13,18-20H2,1-3H3. The average Bonchev–Trinajstić information content (AvgIpc) is 3.64. The van der Waals surface area contributed by atoms with Crippen LogP contribution < -0.4 is 9.64 Å². The molecule has 0 N–H and O–H groups in total. The van der Waals surface area contributed by atoms with Gasteiger partial charge in [-0.1, -0.05) is 17.7 Å². The van der Waals surface area contributed by atoms with Gasteiger partial charge in [-0.25, -0.2) is 8.42 Å². The fourth-order valence-corrected chi connectivity index (χ4v) is 8.28. The molecule has 1 spiro atoms. The number of ether oxygens (including phenoxy) is 2. The van der Waals surface area contributed by atoms with Gasteiger partial charge in [0.1, 0.15) is 12.4 Å². The molecular weight excluding hydrogens is 564 g/mol. The van der Waals surface area contributed by atoms with E-state index in [1.54, 1.807) is 30.5 Å². The number of anilines is 1. The SMILES string of the molecule is COC1(CS(=O)(=O)N2Cc3ccc(Cl)cc3C3(CCN(c4cncc5ccc(OCCN(C)C)cc45)C3=O)C2)CC1. The number of pyridine rings is 1. The Bertz CT molecular complexity index is 1610. The molecule has 1 amide bonds. The largest absolute Gasteiger partial charge is 0.492 e. The zero-order valence-electron chi connectivity index (χ0n) is 23.6. The van der Waals surface area contributed by atoms with Crippen molar-refractivity contribution in [1.82, 2.24) is 14.2 Å². The summed E-state index contributed by atoms with van der Waals surface area (Å²) >= 11 is 6.44. The maximum absolute atomic E-state index is 14.5. The second kappa shape index (κ2) is 10.5. The summed E-state index contributed by atoms with van der Waals surface area (Å²) in [5, 5.41) is 2.27. The smallest absolute Gasteiger partial charge is 0.239 e. The van der Waals surface area contributed by atoms with Crippen LogP contribution in [0, 0.1) is 0 Å². The van der Waals surface area contributed by atoms with Crippen LogP contribution in [0.5, 0.6) is 5.75 Å². The zero-order chi connectivity index (χ0) is 29.0. The molecule has 1 unspecified atom stereocenters. The fraction of sp³-hybridized carbons (Fsp3) is 0.467. The molecule has 1 saturated carbocycles. The van der Waals surface area contributed by atoms with Crippen LogP contribution in [-0.2, 0) is 31.5 Å². The van der Waals surface area contributed by atoms with Crippen LogP contribution in [0.1, 0.15) is 30.4 Å². The third-order valence-corrected chi connectivity index (χ3v) is 10.9. The normalized spacial score (nSPS) is 22.1. The number of aromatic nitrogens is 1. The maximum Gasteiger partial charge on any atom is 0.239 e. The van der Waals surface area contributed by atoms with E-state index < -0.39 is 21.0 Å². The predicted octanol–water partition coefficient (Wildman–Crippen LogP) is 3.83. The molecule has 1 aromatic heterocycles. The molecule has 2 aliphatic heterocycles. The summed E-state index contributed by atoms with van der Waals surface area (Å²) in [7, 11) is 1.85. The third kappa shape index (κ3) is 5.21. The van der Waals surface area contributed by atoms with Crippen molar-refractivity contribution in [3.8, 4) is 5.75 Å². The number of rotatable bonds is 9. The summed E-state index contributed by atoms with van der Waals surface area (Å²) in [5.41, 5.74) is 0.602. The number of nitrogens with zero attached hydrogens (tertiary/aromatic N) is 4. The Hall–Kier alpha value is -2.76. The third-order valence-electron chi connectivity index (χ3n) is 8.69. The second-order valence-electron chi connectivity index (χ2n) is 11.7. The molecule has 2 fully saturated rings. The lowest BCUT2D eigenvalue weighted by atomic mass is 9.74. The molecule has 3 aliphatic rings. The Labute approximate surface area is 246 Å². The first-order valence-corrected chi connectivity index (χ1v) is 15.8. The molecule has 218 valence electrons. The molecule has 6 rings (SSSR count). The van der Waals surface area contributed by atoms with Gasteiger partial charge in [-0.05, 0) is 74.8 Å². The van der Waals surface area contributed by atoms with Gasteiger partial charge in [-0.2, -0.15) is 4.31 Å². The highest BCUT2D eigenvalue weighted by molar-refractivity contribution is 7.89. The van der Waals surface area contributed by atoms with E-state index in [-0.39, 0.29) is 24.7 Å². The number of carbonyl (C=O) groups excluding carboxylic acids is 1. The number of sulfonamides is 1.